The van der Waals surface area contributed by atoms with Crippen molar-refractivity contribution >= 4 is 35.8 Å². The van der Waals surface area contributed by atoms with Gasteiger partial charge in [-0.3, -0.25) is 0 Å². The third-order valence-electron chi connectivity index (χ3n) is 4.57. The van der Waals surface area contributed by atoms with E-state index in [-0.39, 0.29) is 24.0 Å². The fourth-order valence-electron chi connectivity index (χ4n) is 3.42. The molecule has 1 aromatic rings. The molecule has 5 nitrogen and oxygen atoms in total. The largest absolute Gasteiger partial charge is 0.370 e. The fraction of sp³-hybridized carbons (Fsp3) is 0.647. The zero-order valence-corrected chi connectivity index (χ0v) is 16.3. The number of rotatable bonds is 4. The summed E-state index contributed by atoms with van der Waals surface area (Å²) in [6, 6.07) is 4.78. The van der Waals surface area contributed by atoms with Crippen LogP contribution < -0.4 is 16.0 Å². The van der Waals surface area contributed by atoms with E-state index in [1.54, 1.807) is 0 Å². The van der Waals surface area contributed by atoms with Gasteiger partial charge in [-0.25, -0.2) is 9.98 Å². The van der Waals surface area contributed by atoms with Crippen molar-refractivity contribution in [1.29, 1.82) is 0 Å². The summed E-state index contributed by atoms with van der Waals surface area (Å²) in [7, 11) is 0. The zero-order valence-electron chi connectivity index (χ0n) is 13.9. The highest BCUT2D eigenvalue weighted by Gasteiger charge is 2.16. The molecule has 0 amide bonds. The third kappa shape index (κ3) is 5.22. The van der Waals surface area contributed by atoms with Crippen LogP contribution in [0, 0.1) is 6.92 Å². The predicted molar refractivity (Wildman–Crippen MR) is 107 cm³/mol. The molecule has 2 fully saturated rings. The van der Waals surface area contributed by atoms with E-state index in [1.807, 2.05) is 6.92 Å². The highest BCUT2D eigenvalue weighted by molar-refractivity contribution is 14.0. The molecule has 23 heavy (non-hydrogen) atoms. The van der Waals surface area contributed by atoms with Gasteiger partial charge >= 0.3 is 0 Å². The minimum Gasteiger partial charge on any atom is -0.370 e. The quantitative estimate of drug-likeness (QED) is 0.439. The second-order valence-electron chi connectivity index (χ2n) is 6.50. The molecule has 6 heteroatoms. The lowest BCUT2D eigenvalue weighted by atomic mass is 10.2. The molecule has 0 radical (unpaired) electrons. The van der Waals surface area contributed by atoms with Crippen LogP contribution >= 0.6 is 24.0 Å². The van der Waals surface area contributed by atoms with Gasteiger partial charge in [0, 0.05) is 24.8 Å². The van der Waals surface area contributed by atoms with Crippen LogP contribution in [0.25, 0.3) is 0 Å². The van der Waals surface area contributed by atoms with Crippen LogP contribution in [-0.2, 0) is 6.54 Å². The van der Waals surface area contributed by atoms with E-state index in [0.717, 1.165) is 24.6 Å². The van der Waals surface area contributed by atoms with E-state index < -0.39 is 0 Å². The van der Waals surface area contributed by atoms with Crippen molar-refractivity contribution in [2.75, 3.05) is 18.0 Å². The molecule has 128 valence electrons. The Morgan fingerprint density at radius 1 is 1.26 bits per heavy atom. The summed E-state index contributed by atoms with van der Waals surface area (Å²) in [5.41, 5.74) is 8.25. The van der Waals surface area contributed by atoms with E-state index in [0.29, 0.717) is 18.5 Å². The summed E-state index contributed by atoms with van der Waals surface area (Å²) in [6.07, 6.45) is 7.55. The lowest BCUT2D eigenvalue weighted by Gasteiger charge is -2.18. The van der Waals surface area contributed by atoms with E-state index in [4.69, 9.17) is 5.73 Å². The van der Waals surface area contributed by atoms with Crippen molar-refractivity contribution in [2.24, 2.45) is 10.7 Å². The Morgan fingerprint density at radius 2 is 1.96 bits per heavy atom. The number of hydrogen-bond acceptors (Lipinski definition) is 3. The standard InChI is InChI=1S/C17H27N5.HI/c1-13-10-14(11-16(20-13)22-8-4-5-9-22)12-19-17(18)21-15-6-2-3-7-15;/h10-11,15H,2-9,12H2,1H3,(H3,18,19,21);1H. The monoisotopic (exact) mass is 429 g/mol. The minimum atomic E-state index is 0. The van der Waals surface area contributed by atoms with Crippen LogP contribution in [0.1, 0.15) is 49.8 Å². The highest BCUT2D eigenvalue weighted by atomic mass is 127. The van der Waals surface area contributed by atoms with Gasteiger partial charge in [0.25, 0.3) is 0 Å². The summed E-state index contributed by atoms with van der Waals surface area (Å²) in [6.45, 7) is 4.90. The van der Waals surface area contributed by atoms with Gasteiger partial charge in [0.15, 0.2) is 5.96 Å². The van der Waals surface area contributed by atoms with Crippen molar-refractivity contribution in [3.05, 3.63) is 23.4 Å². The molecule has 2 aliphatic rings. The van der Waals surface area contributed by atoms with Gasteiger partial charge in [-0.2, -0.15) is 0 Å². The molecule has 0 spiro atoms. The molecule has 3 rings (SSSR count). The SMILES string of the molecule is Cc1cc(CN=C(N)NC2CCCC2)cc(N2CCCC2)n1.I. The van der Waals surface area contributed by atoms with Crippen molar-refractivity contribution in [3.63, 3.8) is 0 Å². The first-order valence-corrected chi connectivity index (χ1v) is 8.50. The van der Waals surface area contributed by atoms with Crippen LogP contribution in [0.4, 0.5) is 5.82 Å². The number of aromatic nitrogens is 1. The summed E-state index contributed by atoms with van der Waals surface area (Å²) >= 11 is 0. The Bertz CT molecular complexity index is 534. The number of pyridine rings is 1. The molecule has 0 bridgehead atoms. The topological polar surface area (TPSA) is 66.5 Å². The van der Waals surface area contributed by atoms with Crippen LogP contribution in [0.5, 0.6) is 0 Å². The van der Waals surface area contributed by atoms with Gasteiger partial charge < -0.3 is 16.0 Å². The molecule has 0 aromatic carbocycles. The Morgan fingerprint density at radius 3 is 2.65 bits per heavy atom. The molecular weight excluding hydrogens is 401 g/mol. The van der Waals surface area contributed by atoms with Crippen molar-refractivity contribution in [3.8, 4) is 0 Å². The van der Waals surface area contributed by atoms with E-state index in [2.05, 4.69) is 32.3 Å². The molecule has 0 unspecified atom stereocenters. The van der Waals surface area contributed by atoms with Gasteiger partial charge in [-0.1, -0.05) is 12.8 Å². The van der Waals surface area contributed by atoms with Crippen molar-refractivity contribution < 1.29 is 0 Å². The Balaban J connectivity index is 0.00000192. The molecule has 2 heterocycles. The maximum absolute atomic E-state index is 6.01. The molecular formula is C17H28IN5. The summed E-state index contributed by atoms with van der Waals surface area (Å²) in [5, 5.41) is 3.34. The van der Waals surface area contributed by atoms with Gasteiger partial charge in [-0.05, 0) is 50.3 Å². The smallest absolute Gasteiger partial charge is 0.189 e. The van der Waals surface area contributed by atoms with Crippen LogP contribution in [0.3, 0.4) is 0 Å². The van der Waals surface area contributed by atoms with Gasteiger partial charge in [-0.15, -0.1) is 24.0 Å². The third-order valence-corrected chi connectivity index (χ3v) is 4.57. The Labute approximate surface area is 156 Å². The zero-order chi connectivity index (χ0) is 15.4. The fourth-order valence-corrected chi connectivity index (χ4v) is 3.42. The first-order valence-electron chi connectivity index (χ1n) is 8.50. The molecule has 1 aromatic heterocycles. The molecule has 0 atom stereocenters. The number of nitrogens with one attached hydrogen (secondary N) is 1. The number of anilines is 1. The van der Waals surface area contributed by atoms with E-state index in [1.165, 1.54) is 44.1 Å². The van der Waals surface area contributed by atoms with Gasteiger partial charge in [0.05, 0.1) is 6.54 Å². The second-order valence-corrected chi connectivity index (χ2v) is 6.50. The Kier molecular flexibility index (Phi) is 6.92. The lowest BCUT2D eigenvalue weighted by Crippen LogP contribution is -2.38. The maximum Gasteiger partial charge on any atom is 0.189 e. The second kappa shape index (κ2) is 8.70. The number of halogens is 1. The summed E-state index contributed by atoms with van der Waals surface area (Å²) < 4.78 is 0. The maximum atomic E-state index is 6.01. The van der Waals surface area contributed by atoms with Crippen molar-refractivity contribution in [2.45, 2.75) is 58.0 Å². The average molecular weight is 429 g/mol. The van der Waals surface area contributed by atoms with Crippen LogP contribution in [-0.4, -0.2) is 30.1 Å². The molecule has 1 saturated carbocycles. The molecule has 1 aliphatic carbocycles. The van der Waals surface area contributed by atoms with Crippen molar-refractivity contribution in [1.82, 2.24) is 10.3 Å². The number of nitrogens with two attached hydrogens (primary N) is 1. The van der Waals surface area contributed by atoms with Crippen LogP contribution in [0.2, 0.25) is 0 Å². The van der Waals surface area contributed by atoms with E-state index >= 15 is 0 Å². The first-order chi connectivity index (χ1) is 10.7. The summed E-state index contributed by atoms with van der Waals surface area (Å²) in [5.74, 6) is 1.66. The lowest BCUT2D eigenvalue weighted by molar-refractivity contribution is 0.625. The van der Waals surface area contributed by atoms with Crippen LogP contribution in [0.15, 0.2) is 17.1 Å². The predicted octanol–water partition coefficient (Wildman–Crippen LogP) is 2.96. The van der Waals surface area contributed by atoms with Gasteiger partial charge in [0.1, 0.15) is 5.82 Å². The first kappa shape index (κ1) is 18.3. The normalized spacial score (nSPS) is 19.0. The number of aliphatic imine (C=N–C) groups is 1. The average Bonchev–Trinajstić information content (AvgIpc) is 3.18. The highest BCUT2D eigenvalue weighted by Crippen LogP contribution is 2.20. The van der Waals surface area contributed by atoms with E-state index in [9.17, 15) is 0 Å². The van der Waals surface area contributed by atoms with Gasteiger partial charge in [0.2, 0.25) is 0 Å². The molecule has 1 saturated heterocycles. The molecule has 3 N–H and O–H groups in total. The molecule has 1 aliphatic heterocycles. The number of aryl methyl sites for hydroxylation is 1. The number of guanidine groups is 1. The minimum absolute atomic E-state index is 0. The number of nitrogens with zero attached hydrogens (tertiary/aromatic N) is 3. The Hall–Kier alpha value is -1.05. The number of hydrogen-bond donors (Lipinski definition) is 2. The summed E-state index contributed by atoms with van der Waals surface area (Å²) in [4.78, 5) is 11.5.